The summed E-state index contributed by atoms with van der Waals surface area (Å²) in [5.41, 5.74) is 4.13. The first-order valence-corrected chi connectivity index (χ1v) is 11.1. The zero-order chi connectivity index (χ0) is 23.5. The molecule has 2 aromatic carbocycles. The molecule has 0 saturated carbocycles. The minimum atomic E-state index is -1.26. The van der Waals surface area contributed by atoms with Crippen molar-refractivity contribution < 1.29 is 19.8 Å². The number of carbonyl (C=O) groups is 2. The molecule has 0 spiro atoms. The third-order valence-corrected chi connectivity index (χ3v) is 5.66. The van der Waals surface area contributed by atoms with E-state index in [9.17, 15) is 9.59 Å². The fourth-order valence-corrected chi connectivity index (χ4v) is 3.99. The molecule has 6 heteroatoms. The average Bonchev–Trinajstić information content (AvgIpc) is 3.29. The monoisotopic (exact) mass is 446 g/mol. The minimum Gasteiger partial charge on any atom is -0.478 e. The molecule has 0 bridgehead atoms. The van der Waals surface area contributed by atoms with E-state index in [1.54, 1.807) is 0 Å². The summed E-state index contributed by atoms with van der Waals surface area (Å²) < 4.78 is 2.22. The van der Waals surface area contributed by atoms with Gasteiger partial charge in [0.1, 0.15) is 0 Å². The van der Waals surface area contributed by atoms with E-state index in [2.05, 4.69) is 88.6 Å². The summed E-state index contributed by atoms with van der Waals surface area (Å²) in [6.07, 6.45) is 9.42. The third-order valence-electron chi connectivity index (χ3n) is 5.66. The lowest BCUT2D eigenvalue weighted by Crippen LogP contribution is -2.33. The van der Waals surface area contributed by atoms with E-state index < -0.39 is 11.9 Å². The number of nitrogens with zero attached hydrogens (tertiary/aromatic N) is 2. The highest BCUT2D eigenvalue weighted by molar-refractivity contribution is 5.89. The van der Waals surface area contributed by atoms with Gasteiger partial charge in [0.15, 0.2) is 0 Å². The number of carboxylic acid groups (broad SMARTS) is 2. The first-order valence-electron chi connectivity index (χ1n) is 11.1. The largest absolute Gasteiger partial charge is 0.478 e. The van der Waals surface area contributed by atoms with Crippen LogP contribution >= 0.6 is 0 Å². The Morgan fingerprint density at radius 2 is 1.39 bits per heavy atom. The third kappa shape index (κ3) is 8.43. The normalized spacial score (nSPS) is 14.5. The van der Waals surface area contributed by atoms with Crippen molar-refractivity contribution in [3.63, 3.8) is 0 Å². The highest BCUT2D eigenvalue weighted by Gasteiger charge is 2.19. The molecule has 0 amide bonds. The highest BCUT2D eigenvalue weighted by atomic mass is 16.4. The summed E-state index contributed by atoms with van der Waals surface area (Å²) in [5, 5.41) is 15.6. The van der Waals surface area contributed by atoms with Crippen molar-refractivity contribution in [3.8, 4) is 5.69 Å². The van der Waals surface area contributed by atoms with Crippen molar-refractivity contribution >= 4 is 11.9 Å². The van der Waals surface area contributed by atoms with E-state index >= 15 is 0 Å². The number of para-hydroxylation sites is 1. The summed E-state index contributed by atoms with van der Waals surface area (Å²) in [6.45, 7) is 3.50. The van der Waals surface area contributed by atoms with Gasteiger partial charge in [0.05, 0.1) is 0 Å². The van der Waals surface area contributed by atoms with E-state index in [0.717, 1.165) is 12.5 Å². The Morgan fingerprint density at radius 3 is 1.97 bits per heavy atom. The van der Waals surface area contributed by atoms with Crippen molar-refractivity contribution in [3.05, 3.63) is 102 Å². The van der Waals surface area contributed by atoms with Crippen LogP contribution in [0.4, 0.5) is 0 Å². The molecule has 0 unspecified atom stereocenters. The molecule has 1 saturated heterocycles. The van der Waals surface area contributed by atoms with Crippen LogP contribution in [0.2, 0.25) is 0 Å². The minimum absolute atomic E-state index is 0.558. The molecule has 2 heterocycles. The number of piperidine rings is 1. The van der Waals surface area contributed by atoms with Gasteiger partial charge in [-0.2, -0.15) is 0 Å². The van der Waals surface area contributed by atoms with E-state index in [-0.39, 0.29) is 0 Å². The number of hydrogen-bond donors (Lipinski definition) is 2. The molecular weight excluding hydrogens is 416 g/mol. The number of likely N-dealkylation sites (tertiary alicyclic amines) is 1. The molecule has 1 aliphatic heterocycles. The molecule has 0 radical (unpaired) electrons. The fourth-order valence-electron chi connectivity index (χ4n) is 3.99. The number of rotatable bonds is 7. The Labute approximate surface area is 194 Å². The van der Waals surface area contributed by atoms with Crippen LogP contribution in [0.15, 0.2) is 91.3 Å². The summed E-state index contributed by atoms with van der Waals surface area (Å²) in [7, 11) is 0. The Balaban J connectivity index is 0.000000331. The Morgan fingerprint density at radius 1 is 0.818 bits per heavy atom. The van der Waals surface area contributed by atoms with Gasteiger partial charge in [-0.05, 0) is 67.6 Å². The zero-order valence-corrected chi connectivity index (χ0v) is 18.6. The summed E-state index contributed by atoms with van der Waals surface area (Å²) >= 11 is 0. The first-order chi connectivity index (χ1) is 16.0. The molecule has 33 heavy (non-hydrogen) atoms. The Hall–Kier alpha value is -3.64. The Kier molecular flexibility index (Phi) is 9.03. The topological polar surface area (TPSA) is 82.8 Å². The molecule has 0 atom stereocenters. The van der Waals surface area contributed by atoms with Crippen LogP contribution in [0.1, 0.15) is 24.0 Å². The van der Waals surface area contributed by atoms with Crippen LogP contribution in [0.3, 0.4) is 0 Å². The molecule has 1 fully saturated rings. The lowest BCUT2D eigenvalue weighted by atomic mass is 9.90. The van der Waals surface area contributed by atoms with Crippen LogP contribution in [-0.2, 0) is 22.6 Å². The maximum absolute atomic E-state index is 9.55. The molecular formula is C27H30N2O4. The second-order valence-electron chi connectivity index (χ2n) is 8.18. The highest BCUT2D eigenvalue weighted by Crippen LogP contribution is 2.23. The number of hydrogen-bond acceptors (Lipinski definition) is 3. The summed E-state index contributed by atoms with van der Waals surface area (Å²) in [6, 6.07) is 23.7. The molecule has 3 aromatic rings. The number of aromatic nitrogens is 1. The van der Waals surface area contributed by atoms with Gasteiger partial charge in [0.2, 0.25) is 0 Å². The summed E-state index contributed by atoms with van der Waals surface area (Å²) in [4.78, 5) is 21.7. The van der Waals surface area contributed by atoms with Gasteiger partial charge >= 0.3 is 11.9 Å². The van der Waals surface area contributed by atoms with Crippen LogP contribution in [0.5, 0.6) is 0 Å². The maximum Gasteiger partial charge on any atom is 0.328 e. The molecule has 4 rings (SSSR count). The maximum atomic E-state index is 9.55. The molecule has 1 aromatic heterocycles. The van der Waals surface area contributed by atoms with Crippen LogP contribution < -0.4 is 0 Å². The standard InChI is InChI=1S/C23H26N2.C4H4O4/c1-3-7-20(8-4-1)17-21-11-14-24(15-12-21)18-22-13-16-25(19-22)23-9-5-2-6-10-23;5-3(6)1-2-4(7)8/h1-10,13,16,19,21H,11-12,14-15,17-18H2;1-2H,(H,5,6)(H,7,8)/b;2-1-. The van der Waals surface area contributed by atoms with Crippen LogP contribution in [0, 0.1) is 5.92 Å². The van der Waals surface area contributed by atoms with Crippen LogP contribution in [-0.4, -0.2) is 44.7 Å². The molecule has 172 valence electrons. The van der Waals surface area contributed by atoms with E-state index in [1.165, 1.54) is 49.2 Å². The zero-order valence-electron chi connectivity index (χ0n) is 18.6. The fraction of sp³-hybridized carbons (Fsp3) is 0.259. The number of benzene rings is 2. The predicted molar refractivity (Wildman–Crippen MR) is 128 cm³/mol. The smallest absolute Gasteiger partial charge is 0.328 e. The molecule has 0 aliphatic carbocycles. The SMILES string of the molecule is O=C(O)/C=C\C(=O)O.c1ccc(CC2CCN(Cc3ccn(-c4ccccc4)c3)CC2)cc1. The van der Waals surface area contributed by atoms with Crippen LogP contribution in [0.25, 0.3) is 5.69 Å². The molecule has 6 nitrogen and oxygen atoms in total. The van der Waals surface area contributed by atoms with Crippen molar-refractivity contribution in [2.24, 2.45) is 5.92 Å². The second kappa shape index (κ2) is 12.4. The summed E-state index contributed by atoms with van der Waals surface area (Å²) in [5.74, 6) is -1.67. The van der Waals surface area contributed by atoms with Gasteiger partial charge in [-0.25, -0.2) is 9.59 Å². The predicted octanol–water partition coefficient (Wildman–Crippen LogP) is 4.64. The van der Waals surface area contributed by atoms with Gasteiger partial charge < -0.3 is 14.8 Å². The van der Waals surface area contributed by atoms with E-state index in [0.29, 0.717) is 12.2 Å². The van der Waals surface area contributed by atoms with E-state index in [4.69, 9.17) is 10.2 Å². The van der Waals surface area contributed by atoms with Gasteiger partial charge in [-0.3, -0.25) is 4.90 Å². The number of carboxylic acids is 2. The van der Waals surface area contributed by atoms with Gasteiger partial charge in [0.25, 0.3) is 0 Å². The first kappa shape index (κ1) is 24.0. The van der Waals surface area contributed by atoms with Gasteiger partial charge in [0, 0.05) is 36.8 Å². The number of aliphatic carboxylic acids is 2. The van der Waals surface area contributed by atoms with Crippen molar-refractivity contribution in [2.75, 3.05) is 13.1 Å². The lowest BCUT2D eigenvalue weighted by Gasteiger charge is -2.31. The quantitative estimate of drug-likeness (QED) is 0.517. The average molecular weight is 447 g/mol. The lowest BCUT2D eigenvalue weighted by molar-refractivity contribution is -0.134. The second-order valence-corrected chi connectivity index (χ2v) is 8.18. The van der Waals surface area contributed by atoms with E-state index in [1.807, 2.05) is 0 Å². The van der Waals surface area contributed by atoms with Gasteiger partial charge in [-0.1, -0.05) is 48.5 Å². The molecule has 1 aliphatic rings. The molecule has 2 N–H and O–H groups in total. The van der Waals surface area contributed by atoms with Gasteiger partial charge in [-0.15, -0.1) is 0 Å². The van der Waals surface area contributed by atoms with Crippen molar-refractivity contribution in [1.82, 2.24) is 9.47 Å². The van der Waals surface area contributed by atoms with Crippen molar-refractivity contribution in [1.29, 1.82) is 0 Å². The Bertz CT molecular complexity index is 1020. The van der Waals surface area contributed by atoms with Crippen molar-refractivity contribution in [2.45, 2.75) is 25.8 Å².